The van der Waals surface area contributed by atoms with Crippen molar-refractivity contribution in [3.05, 3.63) is 63.2 Å². The van der Waals surface area contributed by atoms with Gasteiger partial charge in [-0.1, -0.05) is 12.1 Å². The van der Waals surface area contributed by atoms with Crippen molar-refractivity contribution in [2.24, 2.45) is 0 Å². The summed E-state index contributed by atoms with van der Waals surface area (Å²) < 4.78 is 6.03. The smallest absolute Gasteiger partial charge is 0.340 e. The Morgan fingerprint density at radius 1 is 1.10 bits per heavy atom. The minimum Gasteiger partial charge on any atom is -0.462 e. The summed E-state index contributed by atoms with van der Waals surface area (Å²) in [5.74, 6) is -0.709. The Hall–Kier alpha value is -1.89. The van der Waals surface area contributed by atoms with Crippen LogP contribution >= 0.6 is 22.6 Å². The van der Waals surface area contributed by atoms with Crippen molar-refractivity contribution in [2.45, 2.75) is 6.92 Å². The van der Waals surface area contributed by atoms with Crippen LogP contribution in [-0.4, -0.2) is 18.5 Å². The highest BCUT2D eigenvalue weighted by molar-refractivity contribution is 14.1. The maximum absolute atomic E-state index is 12.2. The number of carbonyl (C=O) groups excluding carboxylic acids is 2. The van der Waals surface area contributed by atoms with Crippen LogP contribution in [0.2, 0.25) is 0 Å². The number of hydrogen-bond acceptors (Lipinski definition) is 3. The summed E-state index contributed by atoms with van der Waals surface area (Å²) in [6.45, 7) is 2.03. The highest BCUT2D eigenvalue weighted by Crippen LogP contribution is 2.17. The van der Waals surface area contributed by atoms with Crippen molar-refractivity contribution in [1.29, 1.82) is 0 Å². The molecule has 1 amide bonds. The molecule has 0 bridgehead atoms. The molecular formula is C16H14INO3. The second-order valence-electron chi connectivity index (χ2n) is 4.23. The lowest BCUT2D eigenvalue weighted by molar-refractivity contribution is 0.0527. The average Bonchev–Trinajstić information content (AvgIpc) is 2.48. The molecule has 0 aliphatic rings. The molecule has 0 radical (unpaired) electrons. The monoisotopic (exact) mass is 395 g/mol. The number of carbonyl (C=O) groups is 2. The fourth-order valence-electron chi connectivity index (χ4n) is 1.77. The molecule has 5 heteroatoms. The molecule has 2 rings (SSSR count). The molecule has 0 unspecified atom stereocenters. The number of benzene rings is 2. The van der Waals surface area contributed by atoms with E-state index in [0.717, 1.165) is 3.57 Å². The Morgan fingerprint density at radius 3 is 2.43 bits per heavy atom. The maximum atomic E-state index is 12.2. The molecule has 0 saturated carbocycles. The molecular weight excluding hydrogens is 381 g/mol. The van der Waals surface area contributed by atoms with Gasteiger partial charge in [-0.05, 0) is 65.9 Å². The van der Waals surface area contributed by atoms with Gasteiger partial charge in [0.2, 0.25) is 0 Å². The molecule has 0 aromatic heterocycles. The van der Waals surface area contributed by atoms with Crippen LogP contribution in [-0.2, 0) is 4.74 Å². The molecule has 2 aromatic carbocycles. The summed E-state index contributed by atoms with van der Waals surface area (Å²) in [5, 5.41) is 2.74. The molecule has 4 nitrogen and oxygen atoms in total. The van der Waals surface area contributed by atoms with Gasteiger partial charge in [0, 0.05) is 9.13 Å². The van der Waals surface area contributed by atoms with Crippen LogP contribution in [0.4, 0.5) is 5.69 Å². The summed E-state index contributed by atoms with van der Waals surface area (Å²) in [6, 6.07) is 14.0. The topological polar surface area (TPSA) is 55.4 Å². The number of para-hydroxylation sites is 1. The first-order valence-electron chi connectivity index (χ1n) is 6.45. The van der Waals surface area contributed by atoms with E-state index in [1.165, 1.54) is 0 Å². The van der Waals surface area contributed by atoms with Crippen molar-refractivity contribution in [1.82, 2.24) is 0 Å². The van der Waals surface area contributed by atoms with E-state index in [9.17, 15) is 9.59 Å². The molecule has 0 spiro atoms. The van der Waals surface area contributed by atoms with Gasteiger partial charge < -0.3 is 10.1 Å². The van der Waals surface area contributed by atoms with Gasteiger partial charge in [-0.25, -0.2) is 4.79 Å². The zero-order valence-corrected chi connectivity index (χ0v) is 13.6. The van der Waals surface area contributed by atoms with Gasteiger partial charge in [0.1, 0.15) is 0 Å². The fourth-order valence-corrected chi connectivity index (χ4v) is 2.13. The van der Waals surface area contributed by atoms with E-state index in [1.807, 2.05) is 12.1 Å². The molecule has 108 valence electrons. The van der Waals surface area contributed by atoms with Crippen LogP contribution in [0.3, 0.4) is 0 Å². The number of ether oxygens (including phenoxy) is 1. The standard InChI is InChI=1S/C16H14INO3/c1-2-21-16(20)13-5-3-4-6-14(13)18-15(19)11-7-9-12(17)10-8-11/h3-10H,2H2,1H3,(H,18,19). The SMILES string of the molecule is CCOC(=O)c1ccccc1NC(=O)c1ccc(I)cc1. The van der Waals surface area contributed by atoms with Gasteiger partial charge in [0.05, 0.1) is 17.9 Å². The van der Waals surface area contributed by atoms with E-state index in [4.69, 9.17) is 4.74 Å². The van der Waals surface area contributed by atoms with Crippen molar-refractivity contribution in [3.63, 3.8) is 0 Å². The molecule has 0 fully saturated rings. The molecule has 21 heavy (non-hydrogen) atoms. The third-order valence-corrected chi connectivity index (χ3v) is 3.50. The minimum atomic E-state index is -0.448. The second-order valence-corrected chi connectivity index (χ2v) is 5.47. The number of anilines is 1. The van der Waals surface area contributed by atoms with E-state index in [1.54, 1.807) is 43.3 Å². The van der Waals surface area contributed by atoms with Crippen molar-refractivity contribution in [3.8, 4) is 0 Å². The Kier molecular flexibility index (Phi) is 5.32. The van der Waals surface area contributed by atoms with Crippen LogP contribution in [0.25, 0.3) is 0 Å². The number of rotatable bonds is 4. The number of halogens is 1. The second kappa shape index (κ2) is 7.21. The van der Waals surface area contributed by atoms with Crippen LogP contribution in [0.1, 0.15) is 27.6 Å². The lowest BCUT2D eigenvalue weighted by Crippen LogP contribution is -2.15. The van der Waals surface area contributed by atoms with E-state index < -0.39 is 5.97 Å². The zero-order chi connectivity index (χ0) is 15.2. The quantitative estimate of drug-likeness (QED) is 0.634. The van der Waals surface area contributed by atoms with Crippen LogP contribution in [0.5, 0.6) is 0 Å². The minimum absolute atomic E-state index is 0.261. The van der Waals surface area contributed by atoms with E-state index in [2.05, 4.69) is 27.9 Å². The third kappa shape index (κ3) is 4.04. The molecule has 0 saturated heterocycles. The molecule has 0 heterocycles. The van der Waals surface area contributed by atoms with Gasteiger partial charge in [-0.3, -0.25) is 4.79 Å². The van der Waals surface area contributed by atoms with Gasteiger partial charge in [-0.15, -0.1) is 0 Å². The van der Waals surface area contributed by atoms with Crippen LogP contribution < -0.4 is 5.32 Å². The van der Waals surface area contributed by atoms with Gasteiger partial charge in [-0.2, -0.15) is 0 Å². The molecule has 0 aliphatic carbocycles. The lowest BCUT2D eigenvalue weighted by atomic mass is 10.1. The first-order chi connectivity index (χ1) is 10.1. The summed E-state index contributed by atoms with van der Waals surface area (Å²) >= 11 is 2.17. The van der Waals surface area contributed by atoms with E-state index >= 15 is 0 Å². The normalized spacial score (nSPS) is 10.0. The predicted octanol–water partition coefficient (Wildman–Crippen LogP) is 3.72. The number of amides is 1. The van der Waals surface area contributed by atoms with Crippen molar-refractivity contribution < 1.29 is 14.3 Å². The average molecular weight is 395 g/mol. The van der Waals surface area contributed by atoms with E-state index in [0.29, 0.717) is 16.8 Å². The largest absolute Gasteiger partial charge is 0.462 e. The van der Waals surface area contributed by atoms with Crippen molar-refractivity contribution >= 4 is 40.2 Å². The summed E-state index contributed by atoms with van der Waals surface area (Å²) in [6.07, 6.45) is 0. The highest BCUT2D eigenvalue weighted by atomic mass is 127. The number of esters is 1. The molecule has 2 aromatic rings. The molecule has 1 N–H and O–H groups in total. The Balaban J connectivity index is 2.21. The van der Waals surface area contributed by atoms with E-state index in [-0.39, 0.29) is 12.5 Å². The Morgan fingerprint density at radius 2 is 1.76 bits per heavy atom. The third-order valence-electron chi connectivity index (χ3n) is 2.78. The highest BCUT2D eigenvalue weighted by Gasteiger charge is 2.14. The number of nitrogens with one attached hydrogen (secondary N) is 1. The van der Waals surface area contributed by atoms with Crippen LogP contribution in [0, 0.1) is 3.57 Å². The zero-order valence-electron chi connectivity index (χ0n) is 11.4. The molecule has 0 atom stereocenters. The first-order valence-corrected chi connectivity index (χ1v) is 7.52. The van der Waals surface area contributed by atoms with Crippen molar-refractivity contribution in [2.75, 3.05) is 11.9 Å². The first kappa shape index (κ1) is 15.5. The lowest BCUT2D eigenvalue weighted by Gasteiger charge is -2.10. The van der Waals surface area contributed by atoms with Gasteiger partial charge in [0.15, 0.2) is 0 Å². The summed E-state index contributed by atoms with van der Waals surface area (Å²) in [5.41, 5.74) is 1.33. The molecule has 0 aliphatic heterocycles. The fraction of sp³-hybridized carbons (Fsp3) is 0.125. The van der Waals surface area contributed by atoms with Gasteiger partial charge >= 0.3 is 5.97 Å². The Labute approximate surface area is 136 Å². The predicted molar refractivity (Wildman–Crippen MR) is 89.5 cm³/mol. The maximum Gasteiger partial charge on any atom is 0.340 e. The summed E-state index contributed by atoms with van der Waals surface area (Å²) in [4.78, 5) is 24.0. The van der Waals surface area contributed by atoms with Crippen LogP contribution in [0.15, 0.2) is 48.5 Å². The summed E-state index contributed by atoms with van der Waals surface area (Å²) in [7, 11) is 0. The van der Waals surface area contributed by atoms with Gasteiger partial charge in [0.25, 0.3) is 5.91 Å². The number of hydrogen-bond donors (Lipinski definition) is 1. The Bertz CT molecular complexity index is 653.